The third-order valence-electron chi connectivity index (χ3n) is 2.72. The molecule has 2 heterocycles. The Labute approximate surface area is 102 Å². The number of aromatic nitrogens is 1. The SMILES string of the molecule is CC(C)CC(=O)N1CC(Oc2cccnc2)C1. The molecule has 0 radical (unpaired) electrons. The number of likely N-dealkylation sites (tertiary alicyclic amines) is 1. The van der Waals surface area contributed by atoms with Crippen molar-refractivity contribution >= 4 is 5.91 Å². The first kappa shape index (κ1) is 11.9. The summed E-state index contributed by atoms with van der Waals surface area (Å²) in [4.78, 5) is 17.5. The van der Waals surface area contributed by atoms with E-state index >= 15 is 0 Å². The zero-order valence-corrected chi connectivity index (χ0v) is 10.3. The highest BCUT2D eigenvalue weighted by Crippen LogP contribution is 2.18. The maximum absolute atomic E-state index is 11.7. The van der Waals surface area contributed by atoms with Crippen molar-refractivity contribution < 1.29 is 9.53 Å². The monoisotopic (exact) mass is 234 g/mol. The highest BCUT2D eigenvalue weighted by atomic mass is 16.5. The lowest BCUT2D eigenvalue weighted by atomic mass is 10.1. The maximum Gasteiger partial charge on any atom is 0.223 e. The summed E-state index contributed by atoms with van der Waals surface area (Å²) < 4.78 is 5.68. The Morgan fingerprint density at radius 2 is 2.35 bits per heavy atom. The molecular weight excluding hydrogens is 216 g/mol. The second kappa shape index (κ2) is 5.17. The lowest BCUT2D eigenvalue weighted by Gasteiger charge is -2.39. The third-order valence-corrected chi connectivity index (χ3v) is 2.72. The lowest BCUT2D eigenvalue weighted by molar-refractivity contribution is -0.140. The van der Waals surface area contributed by atoms with Gasteiger partial charge in [0.1, 0.15) is 11.9 Å². The second-order valence-electron chi connectivity index (χ2n) is 4.83. The largest absolute Gasteiger partial charge is 0.485 e. The Morgan fingerprint density at radius 3 is 2.94 bits per heavy atom. The molecule has 1 saturated heterocycles. The average Bonchev–Trinajstić information content (AvgIpc) is 2.23. The van der Waals surface area contributed by atoms with Gasteiger partial charge in [-0.2, -0.15) is 0 Å². The molecule has 1 aliphatic rings. The van der Waals surface area contributed by atoms with E-state index in [1.165, 1.54) is 0 Å². The van der Waals surface area contributed by atoms with Gasteiger partial charge in [0.05, 0.1) is 19.3 Å². The molecule has 17 heavy (non-hydrogen) atoms. The molecule has 4 heteroatoms. The molecule has 92 valence electrons. The van der Waals surface area contributed by atoms with Crippen LogP contribution in [0.2, 0.25) is 0 Å². The normalized spacial score (nSPS) is 15.8. The van der Waals surface area contributed by atoms with Crippen molar-refractivity contribution in [3.63, 3.8) is 0 Å². The van der Waals surface area contributed by atoms with Crippen LogP contribution >= 0.6 is 0 Å². The van der Waals surface area contributed by atoms with Crippen molar-refractivity contribution in [1.29, 1.82) is 0 Å². The fourth-order valence-corrected chi connectivity index (χ4v) is 1.80. The molecule has 0 spiro atoms. The number of carbonyl (C=O) groups is 1. The van der Waals surface area contributed by atoms with Crippen LogP contribution in [0.4, 0.5) is 0 Å². The van der Waals surface area contributed by atoms with Gasteiger partial charge in [-0.25, -0.2) is 0 Å². The van der Waals surface area contributed by atoms with Crippen molar-refractivity contribution in [2.45, 2.75) is 26.4 Å². The van der Waals surface area contributed by atoms with Gasteiger partial charge in [-0.3, -0.25) is 9.78 Å². The number of ether oxygens (including phenoxy) is 1. The Morgan fingerprint density at radius 1 is 1.59 bits per heavy atom. The lowest BCUT2D eigenvalue weighted by Crippen LogP contribution is -2.56. The van der Waals surface area contributed by atoms with Gasteiger partial charge in [-0.15, -0.1) is 0 Å². The van der Waals surface area contributed by atoms with Crippen LogP contribution in [0.15, 0.2) is 24.5 Å². The first-order chi connectivity index (χ1) is 8.15. The number of hydrogen-bond donors (Lipinski definition) is 0. The van der Waals surface area contributed by atoms with Crippen LogP contribution in [0.1, 0.15) is 20.3 Å². The molecule has 0 aromatic carbocycles. The summed E-state index contributed by atoms with van der Waals surface area (Å²) >= 11 is 0. The van der Waals surface area contributed by atoms with Gasteiger partial charge in [0.2, 0.25) is 5.91 Å². The summed E-state index contributed by atoms with van der Waals surface area (Å²) in [6.07, 6.45) is 4.15. The highest BCUT2D eigenvalue weighted by Gasteiger charge is 2.32. The quantitative estimate of drug-likeness (QED) is 0.796. The van der Waals surface area contributed by atoms with Crippen LogP contribution in [0.3, 0.4) is 0 Å². The van der Waals surface area contributed by atoms with Gasteiger partial charge < -0.3 is 9.64 Å². The molecule has 4 nitrogen and oxygen atoms in total. The second-order valence-corrected chi connectivity index (χ2v) is 4.83. The smallest absolute Gasteiger partial charge is 0.223 e. The minimum Gasteiger partial charge on any atom is -0.485 e. The summed E-state index contributed by atoms with van der Waals surface area (Å²) in [6, 6.07) is 3.72. The minimum absolute atomic E-state index is 0.121. The average molecular weight is 234 g/mol. The Kier molecular flexibility index (Phi) is 3.61. The van der Waals surface area contributed by atoms with E-state index in [0.29, 0.717) is 25.4 Å². The van der Waals surface area contributed by atoms with Gasteiger partial charge in [0.15, 0.2) is 0 Å². The predicted octanol–water partition coefficient (Wildman–Crippen LogP) is 1.72. The Hall–Kier alpha value is -1.58. The summed E-state index contributed by atoms with van der Waals surface area (Å²) in [5.41, 5.74) is 0. The molecule has 0 bridgehead atoms. The first-order valence-corrected chi connectivity index (χ1v) is 5.99. The predicted molar refractivity (Wildman–Crippen MR) is 64.7 cm³/mol. The van der Waals surface area contributed by atoms with E-state index in [0.717, 1.165) is 5.75 Å². The third kappa shape index (κ3) is 3.19. The molecule has 2 rings (SSSR count). The standard InChI is InChI=1S/C13H18N2O2/c1-10(2)6-13(16)15-8-12(9-15)17-11-4-3-5-14-7-11/h3-5,7,10,12H,6,8-9H2,1-2H3. The molecule has 0 N–H and O–H groups in total. The number of amides is 1. The fourth-order valence-electron chi connectivity index (χ4n) is 1.80. The molecule has 0 aliphatic carbocycles. The van der Waals surface area contributed by atoms with Crippen molar-refractivity contribution in [2.24, 2.45) is 5.92 Å². The van der Waals surface area contributed by atoms with Gasteiger partial charge in [-0.05, 0) is 18.1 Å². The van der Waals surface area contributed by atoms with E-state index < -0.39 is 0 Å². The Bertz CT molecular complexity index is 372. The van der Waals surface area contributed by atoms with Gasteiger partial charge in [0.25, 0.3) is 0 Å². The van der Waals surface area contributed by atoms with E-state index in [1.807, 2.05) is 17.0 Å². The van der Waals surface area contributed by atoms with Gasteiger partial charge in [-0.1, -0.05) is 13.8 Å². The summed E-state index contributed by atoms with van der Waals surface area (Å²) in [6.45, 7) is 5.50. The summed E-state index contributed by atoms with van der Waals surface area (Å²) in [5.74, 6) is 1.42. The van der Waals surface area contributed by atoms with Crippen LogP contribution in [-0.4, -0.2) is 35.0 Å². The van der Waals surface area contributed by atoms with Gasteiger partial charge >= 0.3 is 0 Å². The van der Waals surface area contributed by atoms with Gasteiger partial charge in [0, 0.05) is 12.6 Å². The van der Waals surface area contributed by atoms with Crippen LogP contribution in [0.5, 0.6) is 5.75 Å². The van der Waals surface area contributed by atoms with E-state index in [2.05, 4.69) is 18.8 Å². The molecular formula is C13H18N2O2. The molecule has 0 unspecified atom stereocenters. The van der Waals surface area contributed by atoms with Crippen molar-refractivity contribution in [3.05, 3.63) is 24.5 Å². The van der Waals surface area contributed by atoms with Crippen molar-refractivity contribution in [3.8, 4) is 5.75 Å². The van der Waals surface area contributed by atoms with Crippen molar-refractivity contribution in [2.75, 3.05) is 13.1 Å². The van der Waals surface area contributed by atoms with Crippen LogP contribution in [0, 0.1) is 5.92 Å². The number of hydrogen-bond acceptors (Lipinski definition) is 3. The number of rotatable bonds is 4. The van der Waals surface area contributed by atoms with Crippen LogP contribution in [-0.2, 0) is 4.79 Å². The molecule has 0 saturated carbocycles. The molecule has 1 aromatic rings. The zero-order valence-electron chi connectivity index (χ0n) is 10.3. The van der Waals surface area contributed by atoms with E-state index in [1.54, 1.807) is 12.4 Å². The topological polar surface area (TPSA) is 42.4 Å². The molecule has 1 aliphatic heterocycles. The first-order valence-electron chi connectivity index (χ1n) is 5.99. The Balaban J connectivity index is 1.74. The fraction of sp³-hybridized carbons (Fsp3) is 0.538. The number of nitrogens with zero attached hydrogens (tertiary/aromatic N) is 2. The summed E-state index contributed by atoms with van der Waals surface area (Å²) in [7, 11) is 0. The molecule has 1 fully saturated rings. The summed E-state index contributed by atoms with van der Waals surface area (Å²) in [5, 5.41) is 0. The highest BCUT2D eigenvalue weighted by molar-refractivity contribution is 5.77. The molecule has 1 aromatic heterocycles. The van der Waals surface area contributed by atoms with E-state index in [4.69, 9.17) is 4.74 Å². The van der Waals surface area contributed by atoms with Crippen LogP contribution < -0.4 is 4.74 Å². The number of carbonyl (C=O) groups excluding carboxylic acids is 1. The van der Waals surface area contributed by atoms with Crippen LogP contribution in [0.25, 0.3) is 0 Å². The van der Waals surface area contributed by atoms with E-state index in [9.17, 15) is 4.79 Å². The van der Waals surface area contributed by atoms with Crippen molar-refractivity contribution in [1.82, 2.24) is 9.88 Å². The maximum atomic E-state index is 11.7. The molecule has 1 amide bonds. The number of pyridine rings is 1. The minimum atomic E-state index is 0.121. The van der Waals surface area contributed by atoms with E-state index in [-0.39, 0.29) is 12.0 Å². The molecule has 0 atom stereocenters. The zero-order chi connectivity index (χ0) is 12.3.